The summed E-state index contributed by atoms with van der Waals surface area (Å²) < 4.78 is 44.6. The second-order valence-electron chi connectivity index (χ2n) is 20.1. The lowest BCUT2D eigenvalue weighted by Crippen LogP contribution is -2.26. The van der Waals surface area contributed by atoms with Gasteiger partial charge in [0.25, 0.3) is 0 Å². The van der Waals surface area contributed by atoms with Gasteiger partial charge in [-0.15, -0.1) is 0 Å². The van der Waals surface area contributed by atoms with Gasteiger partial charge in [0.15, 0.2) is 25.7 Å². The van der Waals surface area contributed by atoms with Crippen LogP contribution in [0.4, 0.5) is 0 Å². The van der Waals surface area contributed by atoms with Crippen LogP contribution < -0.4 is 18.9 Å². The molecule has 0 heterocycles. The van der Waals surface area contributed by atoms with Crippen LogP contribution in [0.5, 0.6) is 23.0 Å². The maximum atomic E-state index is 5.97. The first-order valence-corrected chi connectivity index (χ1v) is 28.2. The van der Waals surface area contributed by atoms with Crippen LogP contribution in [0.15, 0.2) is 97.1 Å². The quantitative estimate of drug-likeness (QED) is 0.0608. The Labute approximate surface area is 498 Å². The molecule has 4 aromatic carbocycles. The zero-order valence-electron chi connectivity index (χ0n) is 47.4. The lowest BCUT2D eigenvalue weighted by molar-refractivity contribution is -0.116. The highest BCUT2D eigenvalue weighted by Gasteiger charge is 2.18. The molecule has 0 N–H and O–H groups in total. The van der Waals surface area contributed by atoms with Gasteiger partial charge in [-0.25, -0.2) is 0 Å². The predicted octanol–water partition coefficient (Wildman–Crippen LogP) is 23.4. The van der Waals surface area contributed by atoms with Crippen molar-refractivity contribution < 1.29 is 37.9 Å². The summed E-state index contributed by atoms with van der Waals surface area (Å²) in [7, 11) is 1.62. The van der Waals surface area contributed by atoms with Crippen LogP contribution in [0.2, 0.25) is 0 Å². The zero-order chi connectivity index (χ0) is 52.5. The van der Waals surface area contributed by atoms with Crippen LogP contribution in [-0.2, 0) is 18.9 Å². The van der Waals surface area contributed by atoms with Gasteiger partial charge >= 0.3 is 0 Å². The van der Waals surface area contributed by atoms with Crippen molar-refractivity contribution in [3.8, 4) is 23.0 Å². The average Bonchev–Trinajstić information content (AvgIpc) is 3.41. The Kier molecular flexibility index (Phi) is 56.4. The van der Waals surface area contributed by atoms with Gasteiger partial charge in [-0.3, -0.25) is 0 Å². The molecule has 0 radical (unpaired) electrons. The molecule has 2 aliphatic carbocycles. The third-order valence-corrected chi connectivity index (χ3v) is 14.4. The molecule has 8 heteroatoms. The molecule has 8 nitrogen and oxygen atoms in total. The van der Waals surface area contributed by atoms with Crippen molar-refractivity contribution in [3.63, 3.8) is 0 Å². The molecular formula is C72H132O8. The standard InChI is InChI=1S/C20H32O2.C18H28O2.C14H22O2.C12H18O2.8CH4/c1-4-16(2)19-10-12-20(13-11-19)22-17(3)21-15-14-18-8-6-5-7-9-18;1-4-14(2)16-10-12-18(13-11-16)20-15(3)19-17-8-6-5-7-9-17;1-5-11(3)13-7-9-14(10-8-13)16-12(4)15-6-2;1-4-10(2)11-5-7-12(8-6-11)14-9-13-3;;;;;;;;/h10-13,16-18H,4-9,14-15H2,1-3H3;10-15,17H,4-9H2,1-3H3;7-12H,5-6H2,1-4H3;5-8,10H,4,9H2,1-3H3;8*1H4. The van der Waals surface area contributed by atoms with Crippen LogP contribution >= 0.6 is 0 Å². The number of rotatable bonds is 25. The van der Waals surface area contributed by atoms with E-state index in [1.807, 2.05) is 52.0 Å². The first kappa shape index (κ1) is 87.2. The van der Waals surface area contributed by atoms with Crippen LogP contribution in [0, 0.1) is 5.92 Å². The second kappa shape index (κ2) is 51.8. The fraction of sp³-hybridized carbons (Fsp3) is 0.667. The Hall–Kier alpha value is -4.08. The molecule has 468 valence electrons. The predicted molar refractivity (Wildman–Crippen MR) is 354 cm³/mol. The first-order valence-electron chi connectivity index (χ1n) is 28.2. The minimum Gasteiger partial charge on any atom is -0.468 e. The van der Waals surface area contributed by atoms with Crippen molar-refractivity contribution in [1.29, 1.82) is 0 Å². The van der Waals surface area contributed by atoms with Gasteiger partial charge in [0.2, 0.25) is 0 Å². The Morgan fingerprint density at radius 3 is 1.02 bits per heavy atom. The third kappa shape index (κ3) is 35.7. The van der Waals surface area contributed by atoms with Crippen molar-refractivity contribution in [2.24, 2.45) is 5.92 Å². The highest BCUT2D eigenvalue weighted by Crippen LogP contribution is 2.29. The fourth-order valence-electron chi connectivity index (χ4n) is 8.84. The summed E-state index contributed by atoms with van der Waals surface area (Å²) in [4.78, 5) is 0. The number of benzene rings is 4. The number of hydrogen-bond acceptors (Lipinski definition) is 8. The van der Waals surface area contributed by atoms with E-state index in [9.17, 15) is 0 Å². The van der Waals surface area contributed by atoms with E-state index in [2.05, 4.69) is 128 Å². The first-order chi connectivity index (χ1) is 34.8. The Bertz CT molecular complexity index is 1890. The molecule has 2 aliphatic rings. The van der Waals surface area contributed by atoms with E-state index in [1.165, 1.54) is 106 Å². The summed E-state index contributed by atoms with van der Waals surface area (Å²) in [5.41, 5.74) is 5.47. The minimum absolute atomic E-state index is 0. The van der Waals surface area contributed by atoms with Crippen molar-refractivity contribution in [1.82, 2.24) is 0 Å². The smallest absolute Gasteiger partial charge is 0.197 e. The van der Waals surface area contributed by atoms with Crippen LogP contribution in [-0.4, -0.2) is 52.1 Å². The normalized spacial score (nSPS) is 15.2. The summed E-state index contributed by atoms with van der Waals surface area (Å²) >= 11 is 0. The van der Waals surface area contributed by atoms with Crippen molar-refractivity contribution in [3.05, 3.63) is 119 Å². The number of hydrogen-bond donors (Lipinski definition) is 0. The molecule has 0 spiro atoms. The van der Waals surface area contributed by atoms with Gasteiger partial charge in [-0.2, -0.15) is 0 Å². The SMILES string of the molecule is C.C.C.C.C.C.C.C.CCC(C)c1ccc(OC(C)OC2CCCCC2)cc1.CCC(C)c1ccc(OC(C)OCCC2CCCCC2)cc1.CCC(C)c1ccc(OCOC)cc1.CCOC(C)Oc1ccc(C(C)CC)cc1. The van der Waals surface area contributed by atoms with Gasteiger partial charge in [-0.1, -0.05) is 215 Å². The largest absolute Gasteiger partial charge is 0.468 e. The topological polar surface area (TPSA) is 73.8 Å². The van der Waals surface area contributed by atoms with Crippen molar-refractivity contribution in [2.75, 3.05) is 27.1 Å². The monoisotopic (exact) mass is 1120 g/mol. The molecule has 0 saturated heterocycles. The number of methoxy groups -OCH3 is 1. The van der Waals surface area contributed by atoms with E-state index in [1.54, 1.807) is 7.11 Å². The Balaban J connectivity index is -0.000000224. The summed E-state index contributed by atoms with van der Waals surface area (Å²) in [6, 6.07) is 33.4. The van der Waals surface area contributed by atoms with Crippen LogP contribution in [0.25, 0.3) is 0 Å². The zero-order valence-corrected chi connectivity index (χ0v) is 47.4. The van der Waals surface area contributed by atoms with Crippen molar-refractivity contribution >= 4 is 0 Å². The molecule has 2 fully saturated rings. The van der Waals surface area contributed by atoms with E-state index in [0.29, 0.717) is 43.2 Å². The maximum Gasteiger partial charge on any atom is 0.197 e. The molecular weight excluding hydrogens is 993 g/mol. The molecule has 6 rings (SSSR count). The van der Waals surface area contributed by atoms with Gasteiger partial charge in [0.1, 0.15) is 23.0 Å². The molecule has 0 aromatic heterocycles. The molecule has 2 saturated carbocycles. The van der Waals surface area contributed by atoms with E-state index >= 15 is 0 Å². The summed E-state index contributed by atoms with van der Waals surface area (Å²) in [6.07, 6.45) is 19.0. The third-order valence-electron chi connectivity index (χ3n) is 14.4. The maximum absolute atomic E-state index is 5.97. The highest BCUT2D eigenvalue weighted by atomic mass is 16.7. The fourth-order valence-corrected chi connectivity index (χ4v) is 8.84. The lowest BCUT2D eigenvalue weighted by Gasteiger charge is -2.26. The average molecular weight is 1130 g/mol. The molecule has 0 bridgehead atoms. The molecule has 80 heavy (non-hydrogen) atoms. The van der Waals surface area contributed by atoms with Crippen LogP contribution in [0.1, 0.15) is 285 Å². The van der Waals surface area contributed by atoms with E-state index < -0.39 is 0 Å². The second-order valence-corrected chi connectivity index (χ2v) is 20.1. The highest BCUT2D eigenvalue weighted by molar-refractivity contribution is 5.31. The van der Waals surface area contributed by atoms with Gasteiger partial charge in [0.05, 0.1) is 12.7 Å². The molecule has 7 atom stereocenters. The summed E-state index contributed by atoms with van der Waals surface area (Å²) in [5.74, 6) is 6.85. The molecule has 0 amide bonds. The Morgan fingerprint density at radius 2 is 0.700 bits per heavy atom. The van der Waals surface area contributed by atoms with E-state index in [-0.39, 0.29) is 78.3 Å². The molecule has 4 aromatic rings. The van der Waals surface area contributed by atoms with Crippen molar-refractivity contribution in [2.45, 2.75) is 287 Å². The molecule has 7 unspecified atom stereocenters. The van der Waals surface area contributed by atoms with Gasteiger partial charge in [0, 0.05) is 13.7 Å². The molecule has 0 aliphatic heterocycles. The lowest BCUT2D eigenvalue weighted by atomic mass is 9.87. The van der Waals surface area contributed by atoms with E-state index in [0.717, 1.165) is 48.4 Å². The summed E-state index contributed by atoms with van der Waals surface area (Å²) in [6.45, 7) is 27.5. The van der Waals surface area contributed by atoms with Crippen LogP contribution in [0.3, 0.4) is 0 Å². The summed E-state index contributed by atoms with van der Waals surface area (Å²) in [5, 5.41) is 0. The van der Waals surface area contributed by atoms with Gasteiger partial charge < -0.3 is 37.9 Å². The minimum atomic E-state index is -0.181. The number of ether oxygens (including phenoxy) is 8. The van der Waals surface area contributed by atoms with E-state index in [4.69, 9.17) is 37.9 Å². The Morgan fingerprint density at radius 1 is 0.388 bits per heavy atom. The van der Waals surface area contributed by atoms with Gasteiger partial charge in [-0.05, 0) is 173 Å².